The highest BCUT2D eigenvalue weighted by Crippen LogP contribution is 2.38. The summed E-state index contributed by atoms with van der Waals surface area (Å²) in [6.45, 7) is 0.207. The Morgan fingerprint density at radius 2 is 1.90 bits per heavy atom. The predicted molar refractivity (Wildman–Crippen MR) is 104 cm³/mol. The molecule has 2 unspecified atom stereocenters. The van der Waals surface area contributed by atoms with Gasteiger partial charge in [0.25, 0.3) is 0 Å². The van der Waals surface area contributed by atoms with E-state index in [0.29, 0.717) is 12.0 Å². The Hall–Kier alpha value is -3.20. The van der Waals surface area contributed by atoms with E-state index >= 15 is 0 Å². The summed E-state index contributed by atoms with van der Waals surface area (Å²) in [6, 6.07) is 13.2. The minimum absolute atomic E-state index is 0.0706. The smallest absolute Gasteiger partial charge is 0.410 e. The van der Waals surface area contributed by atoms with Crippen LogP contribution in [0.25, 0.3) is 5.57 Å². The van der Waals surface area contributed by atoms with Crippen molar-refractivity contribution in [2.24, 2.45) is 0 Å². The molecule has 2 aliphatic heterocycles. The Balaban J connectivity index is 1.54. The molecule has 2 bridgehead atoms. The van der Waals surface area contributed by atoms with E-state index in [4.69, 9.17) is 10.00 Å². The van der Waals surface area contributed by atoms with E-state index in [-0.39, 0.29) is 24.8 Å². The maximum absolute atomic E-state index is 14.0. The minimum Gasteiger partial charge on any atom is -0.445 e. The van der Waals surface area contributed by atoms with Gasteiger partial charge in [0.2, 0.25) is 0 Å². The zero-order chi connectivity index (χ0) is 20.4. The number of piperidine rings is 1. The molecule has 4 rings (SSSR count). The van der Waals surface area contributed by atoms with Crippen molar-refractivity contribution in [1.82, 2.24) is 4.90 Å². The topological polar surface area (TPSA) is 53.3 Å². The van der Waals surface area contributed by atoms with Crippen LogP contribution in [0.15, 0.2) is 48.5 Å². The maximum atomic E-state index is 14.0. The van der Waals surface area contributed by atoms with Gasteiger partial charge in [-0.15, -0.1) is 0 Å². The monoisotopic (exact) mass is 394 g/mol. The van der Waals surface area contributed by atoms with Crippen LogP contribution in [0.3, 0.4) is 0 Å². The fourth-order valence-corrected chi connectivity index (χ4v) is 4.19. The van der Waals surface area contributed by atoms with Gasteiger partial charge in [-0.05, 0) is 54.5 Å². The molecule has 0 N–H and O–H groups in total. The highest BCUT2D eigenvalue weighted by molar-refractivity contribution is 5.74. The lowest BCUT2D eigenvalue weighted by molar-refractivity contribution is 0.0510. The summed E-state index contributed by atoms with van der Waals surface area (Å²) in [6.07, 6.45) is 4.62. The fraction of sp³-hybridized carbons (Fsp3) is 0.304. The van der Waals surface area contributed by atoms with E-state index < -0.39 is 17.2 Å². The largest absolute Gasteiger partial charge is 0.445 e. The zero-order valence-electron chi connectivity index (χ0n) is 15.8. The lowest BCUT2D eigenvalue weighted by Gasteiger charge is -2.44. The molecule has 1 saturated heterocycles. The molecule has 0 aromatic heterocycles. The second kappa shape index (κ2) is 8.04. The molecule has 0 radical (unpaired) electrons. The number of halogens is 2. The molecule has 2 aromatic carbocycles. The third-order valence-electron chi connectivity index (χ3n) is 5.58. The molecule has 2 aromatic rings. The number of carbonyl (C=O) groups is 1. The van der Waals surface area contributed by atoms with Crippen molar-refractivity contribution >= 4 is 11.7 Å². The van der Waals surface area contributed by atoms with Gasteiger partial charge >= 0.3 is 6.09 Å². The number of carbonyl (C=O) groups excluding carboxylic acids is 1. The predicted octanol–water partition coefficient (Wildman–Crippen LogP) is 5.18. The summed E-state index contributed by atoms with van der Waals surface area (Å²) in [5.74, 6) is -1.73. The van der Waals surface area contributed by atoms with Crippen molar-refractivity contribution < 1.29 is 18.3 Å². The number of nitrogens with zero attached hydrogens (tertiary/aromatic N) is 2. The van der Waals surface area contributed by atoms with Crippen LogP contribution < -0.4 is 0 Å². The molecule has 0 saturated carbocycles. The first-order chi connectivity index (χ1) is 14.1. The molecule has 1 fully saturated rings. The molecule has 2 heterocycles. The van der Waals surface area contributed by atoms with E-state index in [1.165, 1.54) is 12.1 Å². The van der Waals surface area contributed by atoms with Crippen LogP contribution in [0.5, 0.6) is 0 Å². The maximum Gasteiger partial charge on any atom is 0.410 e. The van der Waals surface area contributed by atoms with Crippen molar-refractivity contribution in [1.29, 1.82) is 5.26 Å². The van der Waals surface area contributed by atoms with E-state index in [1.807, 2.05) is 36.4 Å². The first-order valence-electron chi connectivity index (χ1n) is 9.66. The van der Waals surface area contributed by atoms with Gasteiger partial charge in [0, 0.05) is 6.04 Å². The fourth-order valence-electron chi connectivity index (χ4n) is 4.19. The summed E-state index contributed by atoms with van der Waals surface area (Å²) < 4.78 is 33.6. The summed E-state index contributed by atoms with van der Waals surface area (Å²) in [5, 5.41) is 8.86. The third kappa shape index (κ3) is 3.86. The molecule has 2 atom stereocenters. The van der Waals surface area contributed by atoms with Gasteiger partial charge in [0.05, 0.1) is 6.04 Å². The molecule has 148 valence electrons. The van der Waals surface area contributed by atoms with Crippen molar-refractivity contribution in [2.75, 3.05) is 0 Å². The number of hydrogen-bond acceptors (Lipinski definition) is 3. The molecule has 0 aliphatic carbocycles. The van der Waals surface area contributed by atoms with Crippen LogP contribution in [-0.2, 0) is 11.3 Å². The minimum atomic E-state index is -0.863. The number of amides is 1. The summed E-state index contributed by atoms with van der Waals surface area (Å²) >= 11 is 0. The average Bonchev–Trinajstić information content (AvgIpc) is 2.71. The van der Waals surface area contributed by atoms with E-state index in [9.17, 15) is 13.6 Å². The molecular formula is C23H20F2N2O2. The standard InChI is InChI=1S/C23H20F2N2O2/c24-21-11-17(12-22(25)20(21)13-26)16-9-18-7-4-8-19(10-16)27(18)23(28)29-14-15-5-2-1-3-6-15/h1-3,5-6,9,11-12,18-19H,4,7-8,10,14H2. The van der Waals surface area contributed by atoms with Crippen LogP contribution in [0.2, 0.25) is 0 Å². The third-order valence-corrected chi connectivity index (χ3v) is 5.58. The zero-order valence-corrected chi connectivity index (χ0v) is 15.8. The number of benzene rings is 2. The van der Waals surface area contributed by atoms with Gasteiger partial charge in [-0.1, -0.05) is 36.4 Å². The number of ether oxygens (including phenoxy) is 1. The van der Waals surface area contributed by atoms with Gasteiger partial charge in [-0.25, -0.2) is 13.6 Å². The molecule has 4 nitrogen and oxygen atoms in total. The lowest BCUT2D eigenvalue weighted by Crippen LogP contribution is -2.51. The Morgan fingerprint density at radius 1 is 1.17 bits per heavy atom. The van der Waals surface area contributed by atoms with E-state index in [0.717, 1.165) is 30.4 Å². The number of nitriles is 1. The quantitative estimate of drug-likeness (QED) is 0.720. The molecule has 0 spiro atoms. The van der Waals surface area contributed by atoms with Crippen molar-refractivity contribution in [3.8, 4) is 6.07 Å². The van der Waals surface area contributed by atoms with Crippen LogP contribution in [0, 0.1) is 23.0 Å². The van der Waals surface area contributed by atoms with Crippen molar-refractivity contribution in [2.45, 2.75) is 44.4 Å². The van der Waals surface area contributed by atoms with Crippen LogP contribution >= 0.6 is 0 Å². The normalized spacial score (nSPS) is 20.6. The van der Waals surface area contributed by atoms with Crippen LogP contribution in [-0.4, -0.2) is 23.1 Å². The first kappa shape index (κ1) is 19.1. The average molecular weight is 394 g/mol. The van der Waals surface area contributed by atoms with Gasteiger partial charge in [0.1, 0.15) is 29.9 Å². The molecular weight excluding hydrogens is 374 g/mol. The number of hydrogen-bond donors (Lipinski definition) is 0. The molecule has 6 heteroatoms. The highest BCUT2D eigenvalue weighted by Gasteiger charge is 2.38. The summed E-state index contributed by atoms with van der Waals surface area (Å²) in [4.78, 5) is 14.5. The van der Waals surface area contributed by atoms with Crippen LogP contribution in [0.4, 0.5) is 13.6 Å². The van der Waals surface area contributed by atoms with Gasteiger partial charge < -0.3 is 4.74 Å². The molecule has 29 heavy (non-hydrogen) atoms. The molecule has 2 aliphatic rings. The number of rotatable bonds is 3. The van der Waals surface area contributed by atoms with Gasteiger partial charge in [-0.3, -0.25) is 4.90 Å². The van der Waals surface area contributed by atoms with E-state index in [2.05, 4.69) is 0 Å². The van der Waals surface area contributed by atoms with E-state index in [1.54, 1.807) is 11.0 Å². The second-order valence-corrected chi connectivity index (χ2v) is 7.42. The van der Waals surface area contributed by atoms with Crippen LogP contribution in [0.1, 0.15) is 42.4 Å². The van der Waals surface area contributed by atoms with Gasteiger partial charge in [-0.2, -0.15) is 5.26 Å². The number of fused-ring (bicyclic) bond motifs is 2. The SMILES string of the molecule is N#Cc1c(F)cc(C2=CC3CCCC(C2)N3C(=O)OCc2ccccc2)cc1F. The lowest BCUT2D eigenvalue weighted by atomic mass is 9.83. The first-order valence-corrected chi connectivity index (χ1v) is 9.66. The highest BCUT2D eigenvalue weighted by atomic mass is 19.1. The summed E-state index contributed by atoms with van der Waals surface area (Å²) in [5.41, 5.74) is 1.57. The molecule has 1 amide bonds. The summed E-state index contributed by atoms with van der Waals surface area (Å²) in [7, 11) is 0. The Labute approximate surface area is 168 Å². The van der Waals surface area contributed by atoms with Crippen molar-refractivity contribution in [3.05, 3.63) is 76.9 Å². The Morgan fingerprint density at radius 3 is 2.55 bits per heavy atom. The van der Waals surface area contributed by atoms with Gasteiger partial charge in [0.15, 0.2) is 0 Å². The second-order valence-electron chi connectivity index (χ2n) is 7.42. The Kier molecular flexibility index (Phi) is 5.30. The van der Waals surface area contributed by atoms with Crippen molar-refractivity contribution in [3.63, 3.8) is 0 Å². The Bertz CT molecular complexity index is 975.